The summed E-state index contributed by atoms with van der Waals surface area (Å²) >= 11 is 7.69. The van der Waals surface area contributed by atoms with Crippen LogP contribution in [-0.4, -0.2) is 28.4 Å². The Balaban J connectivity index is 2.07. The van der Waals surface area contributed by atoms with E-state index in [1.807, 2.05) is 18.7 Å². The zero-order valence-electron chi connectivity index (χ0n) is 9.00. The number of amides is 1. The van der Waals surface area contributed by atoms with Crippen LogP contribution in [0, 0.1) is 6.92 Å². The first-order valence-corrected chi connectivity index (χ1v) is 6.71. The lowest BCUT2D eigenvalue weighted by atomic mass is 10.2. The molecule has 1 atom stereocenters. The molecule has 86 valence electrons. The van der Waals surface area contributed by atoms with Crippen LogP contribution in [0.4, 0.5) is 0 Å². The number of rotatable bonds is 2. The largest absolute Gasteiger partial charge is 0.348 e. The van der Waals surface area contributed by atoms with E-state index < -0.39 is 0 Å². The molecular weight excluding hydrogens is 244 g/mol. The highest BCUT2D eigenvalue weighted by atomic mass is 35.5. The van der Waals surface area contributed by atoms with Crippen molar-refractivity contribution in [3.8, 4) is 0 Å². The van der Waals surface area contributed by atoms with Crippen LogP contribution in [0.25, 0.3) is 0 Å². The van der Waals surface area contributed by atoms with Crippen molar-refractivity contribution < 1.29 is 4.79 Å². The molecule has 1 amide bonds. The number of carbonyl (C=O) groups is 1. The van der Waals surface area contributed by atoms with E-state index in [-0.39, 0.29) is 5.91 Å². The second-order valence-corrected chi connectivity index (χ2v) is 5.39. The fourth-order valence-corrected chi connectivity index (χ4v) is 3.08. The number of pyridine rings is 1. The number of hydrogen-bond acceptors (Lipinski definition) is 3. The Bertz CT molecular complexity index is 385. The third-order valence-electron chi connectivity index (χ3n) is 2.45. The van der Waals surface area contributed by atoms with Crippen molar-refractivity contribution in [3.63, 3.8) is 0 Å². The fraction of sp³-hybridized carbons (Fsp3) is 0.455. The summed E-state index contributed by atoms with van der Waals surface area (Å²) in [7, 11) is 0. The molecular formula is C11H13ClN2OS. The highest BCUT2D eigenvalue weighted by Crippen LogP contribution is 2.18. The second kappa shape index (κ2) is 5.06. The quantitative estimate of drug-likeness (QED) is 0.826. The van der Waals surface area contributed by atoms with Gasteiger partial charge >= 0.3 is 0 Å². The summed E-state index contributed by atoms with van der Waals surface area (Å²) in [4.78, 5) is 15.9. The molecule has 1 aliphatic rings. The molecule has 1 aliphatic heterocycles. The van der Waals surface area contributed by atoms with Crippen molar-refractivity contribution in [1.29, 1.82) is 0 Å². The van der Waals surface area contributed by atoms with Crippen LogP contribution < -0.4 is 5.32 Å². The first-order chi connectivity index (χ1) is 7.65. The van der Waals surface area contributed by atoms with E-state index >= 15 is 0 Å². The third-order valence-corrected chi connectivity index (χ3v) is 3.81. The van der Waals surface area contributed by atoms with Crippen LogP contribution in [0.1, 0.15) is 22.5 Å². The SMILES string of the molecule is Cc1cc(C(=O)NC2CCSC2)cc(Cl)n1. The van der Waals surface area contributed by atoms with E-state index in [1.54, 1.807) is 12.1 Å². The van der Waals surface area contributed by atoms with Crippen molar-refractivity contribution in [3.05, 3.63) is 28.5 Å². The first-order valence-electron chi connectivity index (χ1n) is 5.18. The summed E-state index contributed by atoms with van der Waals surface area (Å²) in [6.45, 7) is 1.83. The highest BCUT2D eigenvalue weighted by Gasteiger charge is 2.18. The monoisotopic (exact) mass is 256 g/mol. The molecule has 1 aromatic heterocycles. The Hall–Kier alpha value is -0.740. The Labute approximate surface area is 104 Å². The smallest absolute Gasteiger partial charge is 0.251 e. The van der Waals surface area contributed by atoms with Gasteiger partial charge in [0.05, 0.1) is 0 Å². The summed E-state index contributed by atoms with van der Waals surface area (Å²) in [5.41, 5.74) is 1.35. The number of nitrogens with one attached hydrogen (secondary N) is 1. The summed E-state index contributed by atoms with van der Waals surface area (Å²) in [6.07, 6.45) is 1.05. The zero-order valence-corrected chi connectivity index (χ0v) is 10.6. The van der Waals surface area contributed by atoms with Crippen LogP contribution in [0.3, 0.4) is 0 Å². The standard InChI is InChI=1S/C11H13ClN2OS/c1-7-4-8(5-10(12)13-7)11(15)14-9-2-3-16-6-9/h4-5,9H,2-3,6H2,1H3,(H,14,15). The number of hydrogen-bond donors (Lipinski definition) is 1. The average Bonchev–Trinajstić information content (AvgIpc) is 2.68. The number of thioether (sulfide) groups is 1. The average molecular weight is 257 g/mol. The third kappa shape index (κ3) is 2.89. The van der Waals surface area contributed by atoms with Crippen molar-refractivity contribution in [2.75, 3.05) is 11.5 Å². The second-order valence-electron chi connectivity index (χ2n) is 3.85. The van der Waals surface area contributed by atoms with E-state index in [2.05, 4.69) is 10.3 Å². The maximum absolute atomic E-state index is 11.9. The molecule has 2 rings (SSSR count). The first kappa shape index (κ1) is 11.7. The van der Waals surface area contributed by atoms with E-state index in [1.165, 1.54) is 0 Å². The molecule has 16 heavy (non-hydrogen) atoms. The Morgan fingerprint density at radius 3 is 3.06 bits per heavy atom. The van der Waals surface area contributed by atoms with Crippen LogP contribution >= 0.6 is 23.4 Å². The minimum absolute atomic E-state index is 0.0556. The maximum atomic E-state index is 11.9. The molecule has 3 nitrogen and oxygen atoms in total. The topological polar surface area (TPSA) is 42.0 Å². The predicted octanol–water partition coefficient (Wildman–Crippen LogP) is 2.28. The Morgan fingerprint density at radius 1 is 1.62 bits per heavy atom. The lowest BCUT2D eigenvalue weighted by Crippen LogP contribution is -2.34. The summed E-state index contributed by atoms with van der Waals surface area (Å²) < 4.78 is 0. The van der Waals surface area contributed by atoms with Crippen LogP contribution in [-0.2, 0) is 0 Å². The Morgan fingerprint density at radius 2 is 2.44 bits per heavy atom. The number of aryl methyl sites for hydroxylation is 1. The van der Waals surface area contributed by atoms with Crippen molar-refractivity contribution in [2.45, 2.75) is 19.4 Å². The van der Waals surface area contributed by atoms with E-state index in [0.29, 0.717) is 16.8 Å². The van der Waals surface area contributed by atoms with Crippen molar-refractivity contribution in [2.24, 2.45) is 0 Å². The van der Waals surface area contributed by atoms with Gasteiger partial charge in [-0.25, -0.2) is 4.98 Å². The van der Waals surface area contributed by atoms with Gasteiger partial charge in [0.1, 0.15) is 5.15 Å². The molecule has 0 aromatic carbocycles. The molecule has 0 spiro atoms. The zero-order chi connectivity index (χ0) is 11.5. The normalized spacial score (nSPS) is 19.8. The van der Waals surface area contributed by atoms with Gasteiger partial charge in [-0.3, -0.25) is 4.79 Å². The van der Waals surface area contributed by atoms with Gasteiger partial charge in [0.15, 0.2) is 0 Å². The van der Waals surface area contributed by atoms with E-state index in [4.69, 9.17) is 11.6 Å². The fourth-order valence-electron chi connectivity index (χ4n) is 1.68. The lowest BCUT2D eigenvalue weighted by Gasteiger charge is -2.11. The van der Waals surface area contributed by atoms with Gasteiger partial charge in [0.25, 0.3) is 5.91 Å². The van der Waals surface area contributed by atoms with Crippen LogP contribution in [0.5, 0.6) is 0 Å². The Kier molecular flexibility index (Phi) is 3.71. The number of nitrogens with zero attached hydrogens (tertiary/aromatic N) is 1. The molecule has 1 N–H and O–H groups in total. The summed E-state index contributed by atoms with van der Waals surface area (Å²) in [5.74, 6) is 2.07. The molecule has 5 heteroatoms. The van der Waals surface area contributed by atoms with Crippen LogP contribution in [0.2, 0.25) is 5.15 Å². The molecule has 1 fully saturated rings. The van der Waals surface area contributed by atoms with Crippen LogP contribution in [0.15, 0.2) is 12.1 Å². The minimum Gasteiger partial charge on any atom is -0.348 e. The van der Waals surface area contributed by atoms with Crippen molar-refractivity contribution >= 4 is 29.3 Å². The number of halogens is 1. The summed E-state index contributed by atoms with van der Waals surface area (Å²) in [5, 5.41) is 3.37. The van der Waals surface area contributed by atoms with E-state index in [0.717, 1.165) is 23.6 Å². The summed E-state index contributed by atoms with van der Waals surface area (Å²) in [6, 6.07) is 3.65. The highest BCUT2D eigenvalue weighted by molar-refractivity contribution is 7.99. The maximum Gasteiger partial charge on any atom is 0.251 e. The molecule has 1 saturated heterocycles. The van der Waals surface area contributed by atoms with Gasteiger partial charge < -0.3 is 5.32 Å². The van der Waals surface area contributed by atoms with E-state index in [9.17, 15) is 4.79 Å². The lowest BCUT2D eigenvalue weighted by molar-refractivity contribution is 0.0941. The minimum atomic E-state index is -0.0556. The number of aromatic nitrogens is 1. The molecule has 1 unspecified atom stereocenters. The van der Waals surface area contributed by atoms with Crippen molar-refractivity contribution in [1.82, 2.24) is 10.3 Å². The predicted molar refractivity (Wildman–Crippen MR) is 67.2 cm³/mol. The van der Waals surface area contributed by atoms with Gasteiger partial charge in [0, 0.05) is 23.1 Å². The van der Waals surface area contributed by atoms with Gasteiger partial charge in [0.2, 0.25) is 0 Å². The van der Waals surface area contributed by atoms with Gasteiger partial charge in [-0.1, -0.05) is 11.6 Å². The van der Waals surface area contributed by atoms with Gasteiger partial charge in [-0.05, 0) is 31.2 Å². The molecule has 0 saturated carbocycles. The van der Waals surface area contributed by atoms with Gasteiger partial charge in [-0.15, -0.1) is 0 Å². The molecule has 0 aliphatic carbocycles. The molecule has 2 heterocycles. The number of carbonyl (C=O) groups excluding carboxylic acids is 1. The molecule has 1 aromatic rings. The molecule has 0 bridgehead atoms. The van der Waals surface area contributed by atoms with Gasteiger partial charge in [-0.2, -0.15) is 11.8 Å². The molecule has 0 radical (unpaired) electrons.